The molecular weight excluding hydrogens is 169 g/mol. The van der Waals surface area contributed by atoms with Gasteiger partial charge in [0, 0.05) is 5.70 Å². The SMILES string of the molecule is CC1=CC(C(F)(F)F)=NC(C)N1. The van der Waals surface area contributed by atoms with E-state index in [1.54, 1.807) is 13.8 Å². The van der Waals surface area contributed by atoms with Gasteiger partial charge >= 0.3 is 6.18 Å². The summed E-state index contributed by atoms with van der Waals surface area (Å²) in [7, 11) is 0. The van der Waals surface area contributed by atoms with Crippen molar-refractivity contribution in [3.8, 4) is 0 Å². The Morgan fingerprint density at radius 3 is 2.50 bits per heavy atom. The van der Waals surface area contributed by atoms with Gasteiger partial charge in [0.2, 0.25) is 0 Å². The zero-order valence-electron chi connectivity index (χ0n) is 6.74. The molecule has 0 aliphatic carbocycles. The van der Waals surface area contributed by atoms with Crippen molar-refractivity contribution in [2.75, 3.05) is 0 Å². The van der Waals surface area contributed by atoms with E-state index in [0.717, 1.165) is 6.08 Å². The van der Waals surface area contributed by atoms with Gasteiger partial charge in [0.05, 0.1) is 0 Å². The van der Waals surface area contributed by atoms with Gasteiger partial charge in [-0.1, -0.05) is 0 Å². The molecule has 2 nitrogen and oxygen atoms in total. The Morgan fingerprint density at radius 2 is 2.08 bits per heavy atom. The number of alkyl halides is 3. The molecule has 0 fully saturated rings. The Bertz CT molecular complexity index is 240. The maximum Gasteiger partial charge on any atom is 0.433 e. The van der Waals surface area contributed by atoms with Gasteiger partial charge in [-0.2, -0.15) is 13.2 Å². The zero-order valence-corrected chi connectivity index (χ0v) is 6.74. The predicted molar refractivity (Wildman–Crippen MR) is 39.8 cm³/mol. The molecule has 1 atom stereocenters. The van der Waals surface area contributed by atoms with Gasteiger partial charge in [-0.15, -0.1) is 0 Å². The maximum atomic E-state index is 12.1. The number of hydrogen-bond donors (Lipinski definition) is 1. The minimum atomic E-state index is -4.34. The van der Waals surface area contributed by atoms with Gasteiger partial charge in [-0.25, -0.2) is 0 Å². The molecule has 1 aliphatic rings. The number of allylic oxidation sites excluding steroid dienone is 2. The monoisotopic (exact) mass is 178 g/mol. The Hall–Kier alpha value is -1.00. The van der Waals surface area contributed by atoms with E-state index in [1.165, 1.54) is 0 Å². The summed E-state index contributed by atoms with van der Waals surface area (Å²) in [5.41, 5.74) is -0.323. The minimum Gasteiger partial charge on any atom is -0.368 e. The standard InChI is InChI=1S/C7H9F3N2/c1-4-3-6(7(8,9)10)12-5(2)11-4/h3,5,11H,1-2H3. The zero-order chi connectivity index (χ0) is 9.35. The van der Waals surface area contributed by atoms with Crippen molar-refractivity contribution in [3.05, 3.63) is 11.8 Å². The highest BCUT2D eigenvalue weighted by atomic mass is 19.4. The molecule has 12 heavy (non-hydrogen) atoms. The number of nitrogens with one attached hydrogen (secondary N) is 1. The third kappa shape index (κ3) is 1.99. The highest BCUT2D eigenvalue weighted by Crippen LogP contribution is 2.21. The maximum absolute atomic E-state index is 12.1. The number of hydrogen-bond acceptors (Lipinski definition) is 2. The molecule has 1 N–H and O–H groups in total. The van der Waals surface area contributed by atoms with Crippen molar-refractivity contribution in [3.63, 3.8) is 0 Å². The van der Waals surface area contributed by atoms with Crippen molar-refractivity contribution in [2.24, 2.45) is 4.99 Å². The van der Waals surface area contributed by atoms with Crippen LogP contribution in [0.25, 0.3) is 0 Å². The van der Waals surface area contributed by atoms with Crippen LogP contribution in [0, 0.1) is 0 Å². The second kappa shape index (κ2) is 2.80. The summed E-state index contributed by atoms with van der Waals surface area (Å²) < 4.78 is 36.3. The summed E-state index contributed by atoms with van der Waals surface area (Å²) >= 11 is 0. The van der Waals surface area contributed by atoms with Crippen molar-refractivity contribution in [1.29, 1.82) is 0 Å². The molecule has 0 amide bonds. The topological polar surface area (TPSA) is 24.4 Å². The first-order chi connectivity index (χ1) is 5.39. The molecule has 1 heterocycles. The number of aliphatic imine (C=N–C) groups is 1. The molecule has 0 saturated heterocycles. The fourth-order valence-corrected chi connectivity index (χ4v) is 1.01. The summed E-state index contributed by atoms with van der Waals surface area (Å²) in [4.78, 5) is 3.41. The van der Waals surface area contributed by atoms with Crippen LogP contribution in [0.3, 0.4) is 0 Å². The Kier molecular flexibility index (Phi) is 2.12. The van der Waals surface area contributed by atoms with Gasteiger partial charge in [-0.05, 0) is 19.9 Å². The first-order valence-corrected chi connectivity index (χ1v) is 3.49. The van der Waals surface area contributed by atoms with Crippen LogP contribution >= 0.6 is 0 Å². The highest BCUT2D eigenvalue weighted by Gasteiger charge is 2.35. The van der Waals surface area contributed by atoms with Crippen molar-refractivity contribution in [2.45, 2.75) is 26.2 Å². The van der Waals surface area contributed by atoms with E-state index < -0.39 is 18.1 Å². The van der Waals surface area contributed by atoms with Crippen LogP contribution in [0.1, 0.15) is 13.8 Å². The lowest BCUT2D eigenvalue weighted by molar-refractivity contribution is -0.0583. The molecule has 1 unspecified atom stereocenters. The van der Waals surface area contributed by atoms with Crippen LogP contribution in [-0.4, -0.2) is 18.1 Å². The second-order valence-electron chi connectivity index (χ2n) is 2.66. The van der Waals surface area contributed by atoms with Crippen LogP contribution in [0.5, 0.6) is 0 Å². The highest BCUT2D eigenvalue weighted by molar-refractivity contribution is 6.00. The van der Waals surface area contributed by atoms with Gasteiger partial charge in [0.15, 0.2) is 0 Å². The van der Waals surface area contributed by atoms with E-state index in [4.69, 9.17) is 0 Å². The quantitative estimate of drug-likeness (QED) is 0.601. The Labute approximate surface area is 68.2 Å². The van der Waals surface area contributed by atoms with Gasteiger partial charge in [0.1, 0.15) is 11.9 Å². The summed E-state index contributed by atoms with van der Waals surface area (Å²) in [6, 6.07) is 0. The first kappa shape index (κ1) is 9.09. The lowest BCUT2D eigenvalue weighted by Crippen LogP contribution is -2.33. The molecule has 0 aromatic carbocycles. The van der Waals surface area contributed by atoms with E-state index in [2.05, 4.69) is 10.3 Å². The molecule has 0 saturated carbocycles. The van der Waals surface area contributed by atoms with Crippen LogP contribution in [0.15, 0.2) is 16.8 Å². The first-order valence-electron chi connectivity index (χ1n) is 3.49. The van der Waals surface area contributed by atoms with E-state index in [1.807, 2.05) is 0 Å². The smallest absolute Gasteiger partial charge is 0.368 e. The average molecular weight is 178 g/mol. The van der Waals surface area contributed by atoms with Gasteiger partial charge in [0.25, 0.3) is 0 Å². The fraction of sp³-hybridized carbons (Fsp3) is 0.571. The summed E-state index contributed by atoms with van der Waals surface area (Å²) in [6.45, 7) is 3.15. The van der Waals surface area contributed by atoms with E-state index in [0.29, 0.717) is 5.70 Å². The third-order valence-corrected chi connectivity index (χ3v) is 1.41. The number of halogens is 3. The Morgan fingerprint density at radius 1 is 1.50 bits per heavy atom. The van der Waals surface area contributed by atoms with Crippen LogP contribution in [0.2, 0.25) is 0 Å². The molecule has 1 rings (SSSR count). The molecule has 68 valence electrons. The van der Waals surface area contributed by atoms with E-state index in [9.17, 15) is 13.2 Å². The van der Waals surface area contributed by atoms with Crippen LogP contribution < -0.4 is 5.32 Å². The molecule has 1 aliphatic heterocycles. The largest absolute Gasteiger partial charge is 0.433 e. The molecule has 0 aromatic heterocycles. The summed E-state index contributed by atoms with van der Waals surface area (Å²) in [5.74, 6) is 0. The fourth-order valence-electron chi connectivity index (χ4n) is 1.01. The molecule has 0 radical (unpaired) electrons. The van der Waals surface area contributed by atoms with E-state index >= 15 is 0 Å². The van der Waals surface area contributed by atoms with Gasteiger partial charge in [-0.3, -0.25) is 4.99 Å². The van der Waals surface area contributed by atoms with Gasteiger partial charge < -0.3 is 5.32 Å². The van der Waals surface area contributed by atoms with Crippen LogP contribution in [-0.2, 0) is 0 Å². The molecule has 0 bridgehead atoms. The molecule has 5 heteroatoms. The molecular formula is C7H9F3N2. The lowest BCUT2D eigenvalue weighted by atomic mass is 10.2. The molecule has 0 spiro atoms. The Balaban J connectivity index is 2.91. The third-order valence-electron chi connectivity index (χ3n) is 1.41. The summed E-state index contributed by atoms with van der Waals surface area (Å²) in [6.07, 6.45) is -3.83. The van der Waals surface area contributed by atoms with Crippen molar-refractivity contribution in [1.82, 2.24) is 5.32 Å². The minimum absolute atomic E-state index is 0.491. The number of rotatable bonds is 0. The van der Waals surface area contributed by atoms with Crippen LogP contribution in [0.4, 0.5) is 13.2 Å². The molecule has 0 aromatic rings. The summed E-state index contributed by atoms with van der Waals surface area (Å²) in [5, 5.41) is 2.75. The lowest BCUT2D eigenvalue weighted by Gasteiger charge is -2.19. The predicted octanol–water partition coefficient (Wildman–Crippen LogP) is 1.84. The van der Waals surface area contributed by atoms with Crippen molar-refractivity contribution >= 4 is 5.71 Å². The van der Waals surface area contributed by atoms with Crippen molar-refractivity contribution < 1.29 is 13.2 Å². The normalized spacial score (nSPS) is 24.2. The van der Waals surface area contributed by atoms with E-state index in [-0.39, 0.29) is 0 Å². The average Bonchev–Trinajstić information content (AvgIpc) is 1.82. The second-order valence-corrected chi connectivity index (χ2v) is 2.66. The number of nitrogens with zero attached hydrogens (tertiary/aromatic N) is 1.